The van der Waals surface area contributed by atoms with Crippen LogP contribution in [0.15, 0.2) is 24.4 Å². The molecule has 90 valence electrons. The van der Waals surface area contributed by atoms with Crippen molar-refractivity contribution < 1.29 is 4.79 Å². The third-order valence-corrected chi connectivity index (χ3v) is 4.33. The normalized spacial score (nSPS) is 35.8. The van der Waals surface area contributed by atoms with E-state index in [0.29, 0.717) is 0 Å². The molecule has 0 saturated carbocycles. The van der Waals surface area contributed by atoms with Crippen molar-refractivity contribution in [3.63, 3.8) is 0 Å². The zero-order valence-electron chi connectivity index (χ0n) is 9.80. The third-order valence-electron chi connectivity index (χ3n) is 4.33. The Morgan fingerprint density at radius 3 is 2.76 bits per heavy atom. The van der Waals surface area contributed by atoms with Crippen molar-refractivity contribution >= 4 is 5.91 Å². The van der Waals surface area contributed by atoms with E-state index in [4.69, 9.17) is 5.73 Å². The van der Waals surface area contributed by atoms with Crippen molar-refractivity contribution in [2.45, 2.75) is 25.3 Å². The van der Waals surface area contributed by atoms with Crippen molar-refractivity contribution in [1.29, 1.82) is 0 Å². The van der Waals surface area contributed by atoms with Crippen LogP contribution in [0.4, 0.5) is 0 Å². The fourth-order valence-electron chi connectivity index (χ4n) is 3.18. The lowest BCUT2D eigenvalue weighted by molar-refractivity contribution is -0.138. The largest absolute Gasteiger partial charge is 0.369 e. The molecule has 1 atom stereocenters. The van der Waals surface area contributed by atoms with Crippen LogP contribution in [0.1, 0.15) is 31.0 Å². The molecular weight excluding hydrogens is 214 g/mol. The monoisotopic (exact) mass is 231 g/mol. The smallest absolute Gasteiger partial charge is 0.223 e. The molecule has 3 saturated heterocycles. The van der Waals surface area contributed by atoms with E-state index in [9.17, 15) is 4.79 Å². The highest BCUT2D eigenvalue weighted by molar-refractivity contribution is 5.81. The van der Waals surface area contributed by atoms with Gasteiger partial charge in [0.2, 0.25) is 5.91 Å². The van der Waals surface area contributed by atoms with Crippen LogP contribution in [0.2, 0.25) is 0 Å². The summed E-state index contributed by atoms with van der Waals surface area (Å²) in [6, 6.07) is 6.23. The molecule has 4 heteroatoms. The number of nitrogens with zero attached hydrogens (tertiary/aromatic N) is 2. The molecular formula is C13H17N3O. The Kier molecular flexibility index (Phi) is 2.40. The summed E-state index contributed by atoms with van der Waals surface area (Å²) < 4.78 is 0. The molecule has 3 aliphatic heterocycles. The molecule has 2 bridgehead atoms. The van der Waals surface area contributed by atoms with Gasteiger partial charge in [0, 0.05) is 6.20 Å². The van der Waals surface area contributed by atoms with E-state index in [0.717, 1.165) is 38.0 Å². The molecule has 1 aromatic rings. The van der Waals surface area contributed by atoms with Gasteiger partial charge in [-0.05, 0) is 44.5 Å². The SMILES string of the molecule is NC(=O)C12CCN(CC1)C(c1ccccn1)C2. The Morgan fingerprint density at radius 2 is 2.18 bits per heavy atom. The summed E-state index contributed by atoms with van der Waals surface area (Å²) >= 11 is 0. The molecule has 0 aromatic carbocycles. The topological polar surface area (TPSA) is 59.2 Å². The maximum Gasteiger partial charge on any atom is 0.223 e. The first kappa shape index (κ1) is 10.7. The molecule has 2 N–H and O–H groups in total. The third kappa shape index (κ3) is 1.63. The Hall–Kier alpha value is -1.42. The molecule has 0 spiro atoms. The van der Waals surface area contributed by atoms with Gasteiger partial charge in [-0.25, -0.2) is 0 Å². The van der Waals surface area contributed by atoms with E-state index in [2.05, 4.69) is 9.88 Å². The lowest BCUT2D eigenvalue weighted by Crippen LogP contribution is -2.55. The molecule has 0 radical (unpaired) electrons. The van der Waals surface area contributed by atoms with Gasteiger partial charge in [0.15, 0.2) is 0 Å². The number of pyridine rings is 1. The van der Waals surface area contributed by atoms with Crippen molar-refractivity contribution in [1.82, 2.24) is 9.88 Å². The van der Waals surface area contributed by atoms with Gasteiger partial charge in [0.25, 0.3) is 0 Å². The van der Waals surface area contributed by atoms with Gasteiger partial charge in [-0.15, -0.1) is 0 Å². The average Bonchev–Trinajstić information content (AvgIpc) is 2.41. The number of rotatable bonds is 2. The number of carbonyl (C=O) groups excluding carboxylic acids is 1. The van der Waals surface area contributed by atoms with Gasteiger partial charge >= 0.3 is 0 Å². The minimum atomic E-state index is -0.281. The zero-order valence-corrected chi connectivity index (χ0v) is 9.80. The molecule has 3 fully saturated rings. The van der Waals surface area contributed by atoms with Crippen LogP contribution in [0, 0.1) is 5.41 Å². The van der Waals surface area contributed by atoms with E-state index in [1.807, 2.05) is 24.4 Å². The van der Waals surface area contributed by atoms with Crippen LogP contribution < -0.4 is 5.73 Å². The maximum absolute atomic E-state index is 11.7. The van der Waals surface area contributed by atoms with Crippen molar-refractivity contribution in [3.8, 4) is 0 Å². The second-order valence-electron chi connectivity index (χ2n) is 5.16. The van der Waals surface area contributed by atoms with Crippen LogP contribution in [0.25, 0.3) is 0 Å². The summed E-state index contributed by atoms with van der Waals surface area (Å²) in [4.78, 5) is 18.5. The van der Waals surface area contributed by atoms with E-state index >= 15 is 0 Å². The van der Waals surface area contributed by atoms with Crippen LogP contribution in [0.5, 0.6) is 0 Å². The fraction of sp³-hybridized carbons (Fsp3) is 0.538. The van der Waals surface area contributed by atoms with E-state index in [1.54, 1.807) is 0 Å². The highest BCUT2D eigenvalue weighted by atomic mass is 16.1. The molecule has 4 nitrogen and oxygen atoms in total. The molecule has 1 amide bonds. The van der Waals surface area contributed by atoms with Crippen LogP contribution in [-0.4, -0.2) is 28.9 Å². The first-order chi connectivity index (χ1) is 8.21. The fourth-order valence-corrected chi connectivity index (χ4v) is 3.18. The quantitative estimate of drug-likeness (QED) is 0.829. The standard InChI is InChI=1S/C13H17N3O/c14-12(17)13-4-7-16(8-5-13)11(9-13)10-3-1-2-6-15-10/h1-3,6,11H,4-5,7-9H2,(H2,14,17). The summed E-state index contributed by atoms with van der Waals surface area (Å²) in [5, 5.41) is 0. The number of piperidine rings is 3. The van der Waals surface area contributed by atoms with Crippen LogP contribution in [-0.2, 0) is 4.79 Å². The lowest BCUT2D eigenvalue weighted by atomic mass is 9.68. The number of carbonyl (C=O) groups is 1. The first-order valence-electron chi connectivity index (χ1n) is 6.16. The minimum absolute atomic E-state index is 0.127. The lowest BCUT2D eigenvalue weighted by Gasteiger charge is -2.51. The Balaban J connectivity index is 1.91. The first-order valence-corrected chi connectivity index (χ1v) is 6.16. The number of nitrogens with two attached hydrogens (primary N) is 1. The van der Waals surface area contributed by atoms with Gasteiger partial charge in [0.1, 0.15) is 0 Å². The van der Waals surface area contributed by atoms with Gasteiger partial charge in [0.05, 0.1) is 17.2 Å². The number of primary amides is 1. The summed E-state index contributed by atoms with van der Waals surface area (Å²) in [7, 11) is 0. The molecule has 17 heavy (non-hydrogen) atoms. The van der Waals surface area contributed by atoms with Crippen molar-refractivity contribution in [2.24, 2.45) is 11.1 Å². The predicted molar refractivity (Wildman–Crippen MR) is 64.0 cm³/mol. The number of amides is 1. The molecule has 1 aromatic heterocycles. The Labute approximate surface area is 101 Å². The molecule has 4 heterocycles. The molecule has 4 rings (SSSR count). The summed E-state index contributed by atoms with van der Waals surface area (Å²) in [5.74, 6) is -0.127. The van der Waals surface area contributed by atoms with Crippen molar-refractivity contribution in [3.05, 3.63) is 30.1 Å². The summed E-state index contributed by atoms with van der Waals surface area (Å²) in [5.41, 5.74) is 6.39. The molecule has 0 aliphatic carbocycles. The number of hydrogen-bond acceptors (Lipinski definition) is 3. The second kappa shape index (κ2) is 3.81. The van der Waals surface area contributed by atoms with Gasteiger partial charge in [-0.1, -0.05) is 6.07 Å². The van der Waals surface area contributed by atoms with Crippen LogP contribution in [0.3, 0.4) is 0 Å². The van der Waals surface area contributed by atoms with E-state index < -0.39 is 0 Å². The van der Waals surface area contributed by atoms with Crippen LogP contribution >= 0.6 is 0 Å². The van der Waals surface area contributed by atoms with E-state index in [1.165, 1.54) is 0 Å². The number of hydrogen-bond donors (Lipinski definition) is 1. The zero-order chi connectivity index (χ0) is 11.9. The minimum Gasteiger partial charge on any atom is -0.369 e. The van der Waals surface area contributed by atoms with Gasteiger partial charge in [-0.2, -0.15) is 0 Å². The highest BCUT2D eigenvalue weighted by Crippen LogP contribution is 2.48. The average molecular weight is 231 g/mol. The Bertz CT molecular complexity index is 424. The summed E-state index contributed by atoms with van der Waals surface area (Å²) in [6.07, 6.45) is 4.46. The summed E-state index contributed by atoms with van der Waals surface area (Å²) in [6.45, 7) is 1.92. The van der Waals surface area contributed by atoms with Gasteiger partial charge in [-0.3, -0.25) is 14.7 Å². The molecule has 1 unspecified atom stereocenters. The number of fused-ring (bicyclic) bond motifs is 3. The highest BCUT2D eigenvalue weighted by Gasteiger charge is 2.49. The van der Waals surface area contributed by atoms with Gasteiger partial charge < -0.3 is 5.73 Å². The number of aromatic nitrogens is 1. The predicted octanol–water partition coefficient (Wildman–Crippen LogP) is 1.09. The Morgan fingerprint density at radius 1 is 1.41 bits per heavy atom. The maximum atomic E-state index is 11.7. The molecule has 3 aliphatic rings. The second-order valence-corrected chi connectivity index (χ2v) is 5.16. The van der Waals surface area contributed by atoms with E-state index in [-0.39, 0.29) is 17.4 Å². The van der Waals surface area contributed by atoms with Crippen molar-refractivity contribution in [2.75, 3.05) is 13.1 Å².